The molecule has 2 aromatic rings. The van der Waals surface area contributed by atoms with Gasteiger partial charge in [-0.1, -0.05) is 20.4 Å². The van der Waals surface area contributed by atoms with Gasteiger partial charge in [0.25, 0.3) is 11.8 Å². The van der Waals surface area contributed by atoms with Gasteiger partial charge in [0.15, 0.2) is 29.3 Å². The van der Waals surface area contributed by atoms with Crippen LogP contribution in [0.25, 0.3) is 11.2 Å². The fourth-order valence-corrected chi connectivity index (χ4v) is 5.50. The van der Waals surface area contributed by atoms with Crippen LogP contribution in [-0.4, -0.2) is 118 Å². The number of rotatable bonds is 14. The minimum atomic E-state index is -1.46. The number of likely N-dealkylation sites (tertiary alicyclic amines) is 1. The molecule has 2 fully saturated rings. The third kappa shape index (κ3) is 7.71. The first-order chi connectivity index (χ1) is 20.6. The molecular weight excluding hydrogens is 556 g/mol. The second-order valence-electron chi connectivity index (χ2n) is 11.3. The number of carbonyl (C=O) groups is 2. The number of hydrogen-bond acceptors (Lipinski definition) is 12. The third-order valence-corrected chi connectivity index (χ3v) is 8.07. The standard InChI is InChI=1S/C28H46N10O5/c1-6-30-26(41)22-20(39)21(40)28(43-22)38-15-34-19-23(29-5)35-24(36-25(19)38)27(42)33-10-9-31-17(4)32-11-14-37-12-7-18(8-13-37)16(2)3/h15-16,18,20-22,28,31-32,39-40H,4,6-14H2,1-3,5H3,(H,30,41)(H,33,42)(H,29,35,36)/t20-,21+,22-,28+/m0/s1. The van der Waals surface area contributed by atoms with Crippen molar-refractivity contribution < 1.29 is 24.5 Å². The number of anilines is 1. The molecule has 2 aromatic heterocycles. The van der Waals surface area contributed by atoms with Gasteiger partial charge in [0.1, 0.15) is 12.2 Å². The predicted octanol–water partition coefficient (Wildman–Crippen LogP) is -0.628. The van der Waals surface area contributed by atoms with Crippen LogP contribution in [-0.2, 0) is 9.53 Å². The largest absolute Gasteiger partial charge is 0.387 e. The highest BCUT2D eigenvalue weighted by atomic mass is 16.6. The predicted molar refractivity (Wildman–Crippen MR) is 161 cm³/mol. The summed E-state index contributed by atoms with van der Waals surface area (Å²) >= 11 is 0. The molecule has 238 valence electrons. The van der Waals surface area contributed by atoms with Crippen LogP contribution in [0.2, 0.25) is 0 Å². The lowest BCUT2D eigenvalue weighted by molar-refractivity contribution is -0.137. The average molecular weight is 603 g/mol. The Morgan fingerprint density at radius 3 is 2.44 bits per heavy atom. The van der Waals surface area contributed by atoms with Crippen molar-refractivity contribution in [3.8, 4) is 0 Å². The normalized spacial score (nSPS) is 23.0. The van der Waals surface area contributed by atoms with E-state index in [1.54, 1.807) is 14.0 Å². The smallest absolute Gasteiger partial charge is 0.289 e. The zero-order valence-electron chi connectivity index (χ0n) is 25.5. The monoisotopic (exact) mass is 602 g/mol. The lowest BCUT2D eigenvalue weighted by atomic mass is 9.87. The average Bonchev–Trinajstić information content (AvgIpc) is 3.55. The van der Waals surface area contributed by atoms with E-state index in [9.17, 15) is 19.8 Å². The van der Waals surface area contributed by atoms with E-state index in [2.05, 4.69) is 66.9 Å². The molecule has 4 rings (SSSR count). The Balaban J connectivity index is 1.28. The van der Waals surface area contributed by atoms with E-state index in [-0.39, 0.29) is 11.5 Å². The number of nitrogens with one attached hydrogen (secondary N) is 5. The molecule has 4 atom stereocenters. The van der Waals surface area contributed by atoms with Crippen molar-refractivity contribution in [3.05, 3.63) is 24.6 Å². The van der Waals surface area contributed by atoms with Gasteiger partial charge in [-0.05, 0) is 44.7 Å². The molecule has 2 aliphatic rings. The van der Waals surface area contributed by atoms with Gasteiger partial charge in [-0.2, -0.15) is 0 Å². The van der Waals surface area contributed by atoms with Gasteiger partial charge in [-0.15, -0.1) is 0 Å². The highest BCUT2D eigenvalue weighted by Crippen LogP contribution is 2.32. The van der Waals surface area contributed by atoms with Crippen LogP contribution < -0.4 is 26.6 Å². The summed E-state index contributed by atoms with van der Waals surface area (Å²) in [7, 11) is 1.63. The van der Waals surface area contributed by atoms with Crippen molar-refractivity contribution in [2.24, 2.45) is 11.8 Å². The van der Waals surface area contributed by atoms with Crippen molar-refractivity contribution in [2.75, 3.05) is 58.2 Å². The Kier molecular flexibility index (Phi) is 11.1. The molecule has 15 nitrogen and oxygen atoms in total. The minimum Gasteiger partial charge on any atom is -0.387 e. The van der Waals surface area contributed by atoms with Crippen LogP contribution in [0.3, 0.4) is 0 Å². The summed E-state index contributed by atoms with van der Waals surface area (Å²) in [6.07, 6.45) is -1.45. The maximum Gasteiger partial charge on any atom is 0.289 e. The zero-order chi connectivity index (χ0) is 31.1. The molecule has 7 N–H and O–H groups in total. The SMILES string of the molecule is C=C(NCCNC(=O)c1nc(NC)c2ncn([C@@H]3O[C@H](C(=O)NCC)[C@@H](O)[C@H]3O)c2n1)NCCN1CCC(C(C)C)CC1. The van der Waals surface area contributed by atoms with E-state index in [4.69, 9.17) is 4.74 Å². The van der Waals surface area contributed by atoms with E-state index >= 15 is 0 Å². The lowest BCUT2D eigenvalue weighted by Gasteiger charge is -2.33. The number of aromatic nitrogens is 4. The number of piperidine rings is 1. The maximum atomic E-state index is 13.0. The highest BCUT2D eigenvalue weighted by Gasteiger charge is 2.47. The van der Waals surface area contributed by atoms with Gasteiger partial charge >= 0.3 is 0 Å². The molecule has 2 saturated heterocycles. The molecule has 4 heterocycles. The fraction of sp³-hybridized carbons (Fsp3) is 0.679. The minimum absolute atomic E-state index is 0.120. The van der Waals surface area contributed by atoms with Crippen LogP contribution in [0.15, 0.2) is 18.7 Å². The summed E-state index contributed by atoms with van der Waals surface area (Å²) in [5, 5.41) is 35.8. The molecule has 2 amide bonds. The van der Waals surface area contributed by atoms with Crippen molar-refractivity contribution in [2.45, 2.75) is 58.2 Å². The quantitative estimate of drug-likeness (QED) is 0.136. The summed E-state index contributed by atoms with van der Waals surface area (Å²) in [6, 6.07) is 0. The fourth-order valence-electron chi connectivity index (χ4n) is 5.50. The van der Waals surface area contributed by atoms with Crippen molar-refractivity contribution >= 4 is 28.8 Å². The Morgan fingerprint density at radius 2 is 1.77 bits per heavy atom. The van der Waals surface area contributed by atoms with Crippen LogP contribution in [0, 0.1) is 11.8 Å². The molecule has 0 bridgehead atoms. The van der Waals surface area contributed by atoms with E-state index in [0.717, 1.165) is 38.0 Å². The van der Waals surface area contributed by atoms with E-state index < -0.39 is 36.4 Å². The van der Waals surface area contributed by atoms with Gasteiger partial charge in [-0.3, -0.25) is 14.2 Å². The molecule has 0 aromatic carbocycles. The van der Waals surface area contributed by atoms with Gasteiger partial charge in [0.05, 0.1) is 12.1 Å². The van der Waals surface area contributed by atoms with Gasteiger partial charge in [0, 0.05) is 39.8 Å². The van der Waals surface area contributed by atoms with Crippen molar-refractivity contribution in [1.82, 2.24) is 45.7 Å². The molecule has 0 spiro atoms. The topological polar surface area (TPSA) is 191 Å². The van der Waals surface area contributed by atoms with Crippen molar-refractivity contribution in [1.29, 1.82) is 0 Å². The third-order valence-electron chi connectivity index (χ3n) is 8.07. The Morgan fingerprint density at radius 1 is 1.07 bits per heavy atom. The molecule has 0 saturated carbocycles. The van der Waals surface area contributed by atoms with Gasteiger partial charge in [-0.25, -0.2) is 15.0 Å². The number of aliphatic hydroxyl groups excluding tert-OH is 2. The molecule has 0 aliphatic carbocycles. The number of nitrogens with zero attached hydrogens (tertiary/aromatic N) is 5. The van der Waals surface area contributed by atoms with Crippen LogP contribution in [0.1, 0.15) is 50.5 Å². The Labute approximate surface area is 251 Å². The van der Waals surface area contributed by atoms with Gasteiger partial charge < -0.3 is 46.4 Å². The molecule has 15 heteroatoms. The Hall–Kier alpha value is -3.53. The number of aliphatic hydroxyl groups is 2. The number of carbonyl (C=O) groups excluding carboxylic acids is 2. The molecular formula is C28H46N10O5. The number of fused-ring (bicyclic) bond motifs is 1. The molecule has 0 radical (unpaired) electrons. The summed E-state index contributed by atoms with van der Waals surface area (Å²) in [5.74, 6) is 1.39. The molecule has 43 heavy (non-hydrogen) atoms. The van der Waals surface area contributed by atoms with E-state index in [1.165, 1.54) is 23.7 Å². The second kappa shape index (κ2) is 14.8. The van der Waals surface area contributed by atoms with Gasteiger partial charge in [0.2, 0.25) is 5.82 Å². The number of ether oxygens (including phenoxy) is 1. The van der Waals surface area contributed by atoms with Crippen LogP contribution in [0.5, 0.6) is 0 Å². The first kappa shape index (κ1) is 32.4. The summed E-state index contributed by atoms with van der Waals surface area (Å²) in [5.41, 5.74) is 0.528. The summed E-state index contributed by atoms with van der Waals surface area (Å²) < 4.78 is 7.09. The van der Waals surface area contributed by atoms with Crippen LogP contribution >= 0.6 is 0 Å². The number of hydrogen-bond donors (Lipinski definition) is 7. The van der Waals surface area contributed by atoms with Crippen LogP contribution in [0.4, 0.5) is 5.82 Å². The number of amides is 2. The molecule has 2 aliphatic heterocycles. The second-order valence-corrected chi connectivity index (χ2v) is 11.3. The number of imidazole rings is 1. The summed E-state index contributed by atoms with van der Waals surface area (Å²) in [4.78, 5) is 40.7. The van der Waals surface area contributed by atoms with E-state index in [0.29, 0.717) is 36.8 Å². The Bertz CT molecular complexity index is 1260. The molecule has 0 unspecified atom stereocenters. The zero-order valence-corrected chi connectivity index (χ0v) is 25.5. The maximum absolute atomic E-state index is 13.0. The lowest BCUT2D eigenvalue weighted by Crippen LogP contribution is -2.42. The van der Waals surface area contributed by atoms with E-state index in [1.807, 2.05) is 0 Å². The summed E-state index contributed by atoms with van der Waals surface area (Å²) in [6.45, 7) is 15.5. The first-order valence-electron chi connectivity index (χ1n) is 15.0. The number of likely N-dealkylation sites (N-methyl/N-ethyl adjacent to an activating group) is 1. The first-order valence-corrected chi connectivity index (χ1v) is 15.0. The van der Waals surface area contributed by atoms with Crippen molar-refractivity contribution in [3.63, 3.8) is 0 Å². The highest BCUT2D eigenvalue weighted by molar-refractivity contribution is 5.94.